The van der Waals surface area contributed by atoms with E-state index in [2.05, 4.69) is 0 Å². The van der Waals surface area contributed by atoms with Gasteiger partial charge in [-0.3, -0.25) is 0 Å². The van der Waals surface area contributed by atoms with Crippen molar-refractivity contribution in [2.45, 2.75) is 36.2 Å². The summed E-state index contributed by atoms with van der Waals surface area (Å²) in [5.41, 5.74) is -0.625. The van der Waals surface area contributed by atoms with Crippen LogP contribution in [0.4, 0.5) is 5.69 Å². The average Bonchev–Trinajstić information content (AvgIpc) is 2.32. The van der Waals surface area contributed by atoms with Gasteiger partial charge in [0, 0.05) is 25.6 Å². The van der Waals surface area contributed by atoms with Gasteiger partial charge >= 0.3 is 0 Å². The molecule has 22 heavy (non-hydrogen) atoms. The second-order valence-corrected chi connectivity index (χ2v) is 10.0. The van der Waals surface area contributed by atoms with E-state index in [0.717, 1.165) is 12.5 Å². The largest absolute Gasteiger partial charge is 0.389 e. The van der Waals surface area contributed by atoms with Crippen molar-refractivity contribution in [2.75, 3.05) is 30.5 Å². The minimum absolute atomic E-state index is 0.0454. The Balaban J connectivity index is 3.54. The maximum atomic E-state index is 12.0. The van der Waals surface area contributed by atoms with Crippen molar-refractivity contribution in [1.82, 2.24) is 0 Å². The predicted molar refractivity (Wildman–Crippen MR) is 86.8 cm³/mol. The second kappa shape index (κ2) is 6.17. The number of hydrogen-bond donors (Lipinski definition) is 1. The van der Waals surface area contributed by atoms with Gasteiger partial charge in [-0.1, -0.05) is 0 Å². The Morgan fingerprint density at radius 2 is 1.64 bits per heavy atom. The highest BCUT2D eigenvalue weighted by atomic mass is 32.2. The number of aliphatic hydroxyl groups is 1. The highest BCUT2D eigenvalue weighted by Crippen LogP contribution is 2.29. The summed E-state index contributed by atoms with van der Waals surface area (Å²) < 4.78 is 47.4. The van der Waals surface area contributed by atoms with Crippen LogP contribution in [0.15, 0.2) is 28.0 Å². The first-order chi connectivity index (χ1) is 9.75. The Hall–Kier alpha value is -1.12. The van der Waals surface area contributed by atoms with E-state index >= 15 is 0 Å². The molecule has 0 aromatic heterocycles. The third-order valence-corrected chi connectivity index (χ3v) is 5.30. The number of nitrogens with zero attached hydrogens (tertiary/aromatic N) is 1. The molecule has 0 aliphatic rings. The highest BCUT2D eigenvalue weighted by molar-refractivity contribution is 7.91. The highest BCUT2D eigenvalue weighted by Gasteiger charge is 2.24. The van der Waals surface area contributed by atoms with E-state index in [1.165, 1.54) is 18.2 Å². The Morgan fingerprint density at radius 3 is 2.00 bits per heavy atom. The summed E-state index contributed by atoms with van der Waals surface area (Å²) in [6, 6.07) is 4.03. The van der Waals surface area contributed by atoms with Gasteiger partial charge in [0.2, 0.25) is 0 Å². The smallest absolute Gasteiger partial charge is 0.177 e. The van der Waals surface area contributed by atoms with Crippen molar-refractivity contribution in [2.24, 2.45) is 0 Å². The van der Waals surface area contributed by atoms with Crippen LogP contribution in [-0.4, -0.2) is 53.1 Å². The Morgan fingerprint density at radius 1 is 1.09 bits per heavy atom. The van der Waals surface area contributed by atoms with Gasteiger partial charge in [0.05, 0.1) is 21.1 Å². The normalized spacial score (nSPS) is 13.2. The molecular formula is C14H23NO5S2. The lowest BCUT2D eigenvalue weighted by Gasteiger charge is -2.31. The van der Waals surface area contributed by atoms with Crippen molar-refractivity contribution >= 4 is 25.4 Å². The molecule has 1 rings (SSSR count). The molecule has 0 aliphatic heterocycles. The lowest BCUT2D eigenvalue weighted by Crippen LogP contribution is -2.39. The van der Waals surface area contributed by atoms with Gasteiger partial charge < -0.3 is 10.0 Å². The maximum absolute atomic E-state index is 12.0. The van der Waals surface area contributed by atoms with Crippen LogP contribution in [0, 0.1) is 0 Å². The zero-order chi connectivity index (χ0) is 17.3. The molecule has 6 nitrogen and oxygen atoms in total. The number of anilines is 1. The van der Waals surface area contributed by atoms with Gasteiger partial charge in [-0.25, -0.2) is 16.8 Å². The molecule has 1 aromatic carbocycles. The lowest BCUT2D eigenvalue weighted by molar-refractivity contribution is 0.0874. The first-order valence-corrected chi connectivity index (χ1v) is 10.6. The van der Waals surface area contributed by atoms with Crippen LogP contribution in [0.3, 0.4) is 0 Å². The molecule has 0 atom stereocenters. The van der Waals surface area contributed by atoms with Crippen molar-refractivity contribution in [1.29, 1.82) is 0 Å². The van der Waals surface area contributed by atoms with Gasteiger partial charge in [0.15, 0.2) is 19.7 Å². The molecule has 0 amide bonds. The first-order valence-electron chi connectivity index (χ1n) is 6.77. The van der Waals surface area contributed by atoms with E-state index < -0.39 is 25.3 Å². The molecule has 0 radical (unpaired) electrons. The quantitative estimate of drug-likeness (QED) is 0.826. The molecule has 0 spiro atoms. The van der Waals surface area contributed by atoms with Crippen LogP contribution in [-0.2, 0) is 19.7 Å². The summed E-state index contributed by atoms with van der Waals surface area (Å²) in [6.45, 7) is 5.79. The van der Waals surface area contributed by atoms with Gasteiger partial charge in [0.25, 0.3) is 0 Å². The van der Waals surface area contributed by atoms with Crippen LogP contribution in [0.1, 0.15) is 20.8 Å². The summed E-state index contributed by atoms with van der Waals surface area (Å²) in [5.74, 6) is 0. The van der Waals surface area contributed by atoms with Crippen molar-refractivity contribution in [3.8, 4) is 0 Å². The third kappa shape index (κ3) is 4.96. The summed E-state index contributed by atoms with van der Waals surface area (Å²) in [6.07, 6.45) is 2.07. The zero-order valence-corrected chi connectivity index (χ0v) is 15.1. The fourth-order valence-corrected chi connectivity index (χ4v) is 3.76. The predicted octanol–water partition coefficient (Wildman–Crippen LogP) is 1.09. The Kier molecular flexibility index (Phi) is 5.31. The van der Waals surface area contributed by atoms with E-state index in [0.29, 0.717) is 12.2 Å². The van der Waals surface area contributed by atoms with E-state index in [9.17, 15) is 21.9 Å². The molecule has 0 aliphatic carbocycles. The number of benzene rings is 1. The summed E-state index contributed by atoms with van der Waals surface area (Å²) in [7, 11) is -7.12. The van der Waals surface area contributed by atoms with Crippen LogP contribution in [0.5, 0.6) is 0 Å². The second-order valence-electron chi connectivity index (χ2n) is 6.00. The Bertz CT molecular complexity index is 746. The lowest BCUT2D eigenvalue weighted by atomic mass is 10.1. The molecule has 0 unspecified atom stereocenters. The molecule has 126 valence electrons. The Labute approximate surface area is 132 Å². The zero-order valence-electron chi connectivity index (χ0n) is 13.5. The molecule has 0 bridgehead atoms. The number of rotatable bonds is 6. The SMILES string of the molecule is CCN(CC(C)(C)O)c1ccc(S(C)(=O)=O)cc1S(C)(=O)=O. The van der Waals surface area contributed by atoms with Crippen LogP contribution in [0.25, 0.3) is 0 Å². The molecule has 0 saturated carbocycles. The van der Waals surface area contributed by atoms with E-state index in [1.54, 1.807) is 18.7 Å². The van der Waals surface area contributed by atoms with Crippen molar-refractivity contribution in [3.05, 3.63) is 18.2 Å². The average molecular weight is 349 g/mol. The minimum Gasteiger partial charge on any atom is -0.389 e. The number of likely N-dealkylation sites (N-methyl/N-ethyl adjacent to an activating group) is 1. The van der Waals surface area contributed by atoms with E-state index in [4.69, 9.17) is 0 Å². The van der Waals surface area contributed by atoms with Crippen LogP contribution >= 0.6 is 0 Å². The molecule has 0 heterocycles. The summed E-state index contributed by atoms with van der Waals surface area (Å²) in [4.78, 5) is 1.61. The fraction of sp³-hybridized carbons (Fsp3) is 0.571. The van der Waals surface area contributed by atoms with E-state index in [-0.39, 0.29) is 16.3 Å². The first kappa shape index (κ1) is 18.9. The molecule has 8 heteroatoms. The van der Waals surface area contributed by atoms with Gasteiger partial charge in [-0.05, 0) is 39.0 Å². The fourth-order valence-electron chi connectivity index (χ4n) is 2.12. The van der Waals surface area contributed by atoms with Crippen molar-refractivity contribution in [3.63, 3.8) is 0 Å². The summed E-state index contributed by atoms with van der Waals surface area (Å²) in [5, 5.41) is 9.97. The van der Waals surface area contributed by atoms with Gasteiger partial charge in [0.1, 0.15) is 0 Å². The monoisotopic (exact) mass is 349 g/mol. The summed E-state index contributed by atoms with van der Waals surface area (Å²) >= 11 is 0. The van der Waals surface area contributed by atoms with Crippen molar-refractivity contribution < 1.29 is 21.9 Å². The van der Waals surface area contributed by atoms with Gasteiger partial charge in [-0.15, -0.1) is 0 Å². The molecule has 1 aromatic rings. The van der Waals surface area contributed by atoms with E-state index in [1.807, 2.05) is 6.92 Å². The molecule has 0 saturated heterocycles. The topological polar surface area (TPSA) is 91.8 Å². The molecule has 1 N–H and O–H groups in total. The molecular weight excluding hydrogens is 326 g/mol. The number of hydrogen-bond acceptors (Lipinski definition) is 6. The maximum Gasteiger partial charge on any atom is 0.177 e. The minimum atomic E-state index is -3.61. The van der Waals surface area contributed by atoms with Crippen LogP contribution < -0.4 is 4.90 Å². The third-order valence-electron chi connectivity index (χ3n) is 3.06. The number of sulfone groups is 2. The standard InChI is InChI=1S/C14H23NO5S2/c1-6-15(10-14(2,3)16)12-8-7-11(21(4,17)18)9-13(12)22(5,19)20/h7-9,16H,6,10H2,1-5H3. The molecule has 0 fully saturated rings. The van der Waals surface area contributed by atoms with Crippen LogP contribution in [0.2, 0.25) is 0 Å². The van der Waals surface area contributed by atoms with Gasteiger partial charge in [-0.2, -0.15) is 0 Å².